The van der Waals surface area contributed by atoms with E-state index >= 15 is 0 Å². The van der Waals surface area contributed by atoms with E-state index in [0.717, 1.165) is 7.11 Å². The van der Waals surface area contributed by atoms with Gasteiger partial charge in [-0.15, -0.1) is 0 Å². The van der Waals surface area contributed by atoms with Crippen molar-refractivity contribution in [1.82, 2.24) is 0 Å². The van der Waals surface area contributed by atoms with E-state index in [1.165, 1.54) is 0 Å². The second kappa shape index (κ2) is 4.09. The minimum Gasteiger partial charge on any atom is -0.468 e. The molecule has 0 aromatic rings. The van der Waals surface area contributed by atoms with Crippen molar-refractivity contribution in [2.24, 2.45) is 0 Å². The Balaban J connectivity index is 2.77. The van der Waals surface area contributed by atoms with Crippen LogP contribution in [0.1, 0.15) is 6.42 Å². The fourth-order valence-corrected chi connectivity index (χ4v) is 5.69. The van der Waals surface area contributed by atoms with Crippen molar-refractivity contribution < 1.29 is 26.4 Å². The second-order valence-corrected chi connectivity index (χ2v) is 7.92. The first kappa shape index (κ1) is 12.4. The molecule has 0 aromatic carbocycles. The summed E-state index contributed by atoms with van der Waals surface area (Å²) in [5, 5.41) is -0.957. The lowest BCUT2D eigenvalue weighted by atomic mass is 10.4. The van der Waals surface area contributed by atoms with Crippen LogP contribution in [-0.4, -0.2) is 52.4 Å². The third-order valence-electron chi connectivity index (χ3n) is 2.25. The van der Waals surface area contributed by atoms with Crippen LogP contribution in [0.2, 0.25) is 0 Å². The Labute approximate surface area is 88.4 Å². The summed E-state index contributed by atoms with van der Waals surface area (Å²) >= 11 is 0. The largest absolute Gasteiger partial charge is 0.468 e. The molecule has 0 unspecified atom stereocenters. The van der Waals surface area contributed by atoms with Crippen LogP contribution in [-0.2, 0) is 29.2 Å². The minimum absolute atomic E-state index is 0.0711. The van der Waals surface area contributed by atoms with Crippen molar-refractivity contribution in [3.63, 3.8) is 0 Å². The monoisotopic (exact) mass is 256 g/mol. The summed E-state index contributed by atoms with van der Waals surface area (Å²) in [6, 6.07) is 0. The van der Waals surface area contributed by atoms with Gasteiger partial charge in [-0.2, -0.15) is 0 Å². The molecule has 0 radical (unpaired) electrons. The molecule has 1 fully saturated rings. The summed E-state index contributed by atoms with van der Waals surface area (Å²) in [4.78, 5) is 10.8. The predicted octanol–water partition coefficient (Wildman–Crippen LogP) is -1.24. The third kappa shape index (κ3) is 3.16. The average molecular weight is 256 g/mol. The van der Waals surface area contributed by atoms with Crippen LogP contribution >= 0.6 is 0 Å². The molecule has 15 heavy (non-hydrogen) atoms. The van der Waals surface area contributed by atoms with E-state index in [1.54, 1.807) is 0 Å². The van der Waals surface area contributed by atoms with Gasteiger partial charge in [-0.3, -0.25) is 4.79 Å². The molecule has 0 aromatic heterocycles. The first-order valence-electron chi connectivity index (χ1n) is 4.25. The molecule has 1 heterocycles. The number of methoxy groups -OCH3 is 1. The van der Waals surface area contributed by atoms with Gasteiger partial charge < -0.3 is 4.74 Å². The highest BCUT2D eigenvalue weighted by Crippen LogP contribution is 2.19. The molecule has 1 aliphatic heterocycles. The van der Waals surface area contributed by atoms with E-state index in [9.17, 15) is 21.6 Å². The summed E-state index contributed by atoms with van der Waals surface area (Å²) in [7, 11) is -5.86. The second-order valence-electron chi connectivity index (χ2n) is 3.41. The molecule has 1 rings (SSSR count). The van der Waals surface area contributed by atoms with Crippen molar-refractivity contribution in [2.45, 2.75) is 11.7 Å². The van der Waals surface area contributed by atoms with Crippen LogP contribution in [0.4, 0.5) is 0 Å². The fraction of sp³-hybridized carbons (Fsp3) is 0.857. The number of hydrogen-bond acceptors (Lipinski definition) is 6. The Bertz CT molecular complexity index is 446. The van der Waals surface area contributed by atoms with Crippen LogP contribution in [0.15, 0.2) is 0 Å². The molecule has 1 aliphatic rings. The molecule has 1 saturated heterocycles. The predicted molar refractivity (Wildman–Crippen MR) is 52.9 cm³/mol. The molecule has 88 valence electrons. The van der Waals surface area contributed by atoms with Gasteiger partial charge in [0.15, 0.2) is 19.7 Å². The Hall–Kier alpha value is -0.630. The zero-order chi connectivity index (χ0) is 11.7. The van der Waals surface area contributed by atoms with Crippen LogP contribution in [0, 0.1) is 0 Å². The highest BCUT2D eigenvalue weighted by atomic mass is 32.2. The van der Waals surface area contributed by atoms with Gasteiger partial charge in [0.1, 0.15) is 5.75 Å². The van der Waals surface area contributed by atoms with Gasteiger partial charge in [0, 0.05) is 0 Å². The first-order chi connectivity index (χ1) is 6.77. The summed E-state index contributed by atoms with van der Waals surface area (Å²) in [5.74, 6) is -2.12. The zero-order valence-electron chi connectivity index (χ0n) is 8.17. The van der Waals surface area contributed by atoms with Gasteiger partial charge in [0.05, 0.1) is 23.9 Å². The number of rotatable bonds is 3. The molecule has 1 atom stereocenters. The fourth-order valence-electron chi connectivity index (χ4n) is 1.39. The molecule has 8 heteroatoms. The topological polar surface area (TPSA) is 94.6 Å². The molecule has 0 bridgehead atoms. The maximum Gasteiger partial charge on any atom is 0.320 e. The number of sulfone groups is 2. The molecule has 6 nitrogen and oxygen atoms in total. The van der Waals surface area contributed by atoms with E-state index in [0.29, 0.717) is 0 Å². The Morgan fingerprint density at radius 1 is 1.47 bits per heavy atom. The number of carbonyl (C=O) groups is 1. The first-order valence-corrected chi connectivity index (χ1v) is 7.79. The van der Waals surface area contributed by atoms with Crippen molar-refractivity contribution >= 4 is 25.6 Å². The SMILES string of the molecule is COC(=O)CS(=O)(=O)[C@H]1CCS(=O)(=O)C1. The minimum atomic E-state index is -3.70. The van der Waals surface area contributed by atoms with Gasteiger partial charge in [0.2, 0.25) is 0 Å². The van der Waals surface area contributed by atoms with Gasteiger partial charge in [-0.1, -0.05) is 0 Å². The van der Waals surface area contributed by atoms with E-state index in [1.807, 2.05) is 0 Å². The summed E-state index contributed by atoms with van der Waals surface area (Å²) in [6.45, 7) is 0. The van der Waals surface area contributed by atoms with Crippen molar-refractivity contribution in [3.8, 4) is 0 Å². The molecule has 0 aliphatic carbocycles. The Kier molecular flexibility index (Phi) is 3.39. The standard InChI is InChI=1S/C7H12O6S2/c1-13-7(8)5-15(11,12)6-2-3-14(9,10)4-6/h6H,2-5H2,1H3/t6-/m0/s1. The van der Waals surface area contributed by atoms with Crippen molar-refractivity contribution in [3.05, 3.63) is 0 Å². The van der Waals surface area contributed by atoms with Gasteiger partial charge in [-0.05, 0) is 6.42 Å². The van der Waals surface area contributed by atoms with Gasteiger partial charge in [0.25, 0.3) is 0 Å². The van der Waals surface area contributed by atoms with Crippen LogP contribution in [0.5, 0.6) is 0 Å². The maximum atomic E-state index is 11.5. The van der Waals surface area contributed by atoms with Crippen LogP contribution < -0.4 is 0 Å². The quantitative estimate of drug-likeness (QED) is 0.586. The highest BCUT2D eigenvalue weighted by molar-refractivity contribution is 7.96. The Morgan fingerprint density at radius 2 is 2.07 bits per heavy atom. The molecule has 0 spiro atoms. The number of ether oxygens (including phenoxy) is 1. The average Bonchev–Trinajstić information content (AvgIpc) is 2.45. The van der Waals surface area contributed by atoms with Crippen molar-refractivity contribution in [1.29, 1.82) is 0 Å². The lowest BCUT2D eigenvalue weighted by Gasteiger charge is -2.07. The number of hydrogen-bond donors (Lipinski definition) is 0. The third-order valence-corrected chi connectivity index (χ3v) is 6.28. The maximum absolute atomic E-state index is 11.5. The molecular formula is C7H12O6S2. The van der Waals surface area contributed by atoms with Gasteiger partial charge in [-0.25, -0.2) is 16.8 Å². The highest BCUT2D eigenvalue weighted by Gasteiger charge is 2.38. The smallest absolute Gasteiger partial charge is 0.320 e. The van der Waals surface area contributed by atoms with Crippen LogP contribution in [0.25, 0.3) is 0 Å². The van der Waals surface area contributed by atoms with E-state index in [2.05, 4.69) is 4.74 Å². The zero-order valence-corrected chi connectivity index (χ0v) is 9.80. The van der Waals surface area contributed by atoms with Crippen molar-refractivity contribution in [2.75, 3.05) is 24.4 Å². The Morgan fingerprint density at radius 3 is 2.47 bits per heavy atom. The van der Waals surface area contributed by atoms with E-state index in [4.69, 9.17) is 0 Å². The molecule has 0 amide bonds. The normalized spacial score (nSPS) is 25.0. The van der Waals surface area contributed by atoms with Gasteiger partial charge >= 0.3 is 5.97 Å². The lowest BCUT2D eigenvalue weighted by molar-refractivity contribution is -0.137. The molecular weight excluding hydrogens is 244 g/mol. The number of carbonyl (C=O) groups excluding carboxylic acids is 1. The summed E-state index contributed by atoms with van der Waals surface area (Å²) in [5.41, 5.74) is 0. The summed E-state index contributed by atoms with van der Waals surface area (Å²) in [6.07, 6.45) is 0.0711. The molecule has 0 saturated carbocycles. The summed E-state index contributed by atoms with van der Waals surface area (Å²) < 4.78 is 49.4. The van der Waals surface area contributed by atoms with E-state index < -0.39 is 36.6 Å². The van der Waals surface area contributed by atoms with E-state index in [-0.39, 0.29) is 17.9 Å². The number of esters is 1. The lowest BCUT2D eigenvalue weighted by Crippen LogP contribution is -2.29. The van der Waals surface area contributed by atoms with Crippen LogP contribution in [0.3, 0.4) is 0 Å². The molecule has 0 N–H and O–H groups in total.